The Hall–Kier alpha value is 0.0500. The second kappa shape index (κ2) is 4.33. The molecule has 0 N–H and O–H groups in total. The minimum absolute atomic E-state index is 0.652. The summed E-state index contributed by atoms with van der Waals surface area (Å²) < 4.78 is 1.20. The highest BCUT2D eigenvalue weighted by Crippen LogP contribution is 2.27. The number of rotatable bonds is 2. The van der Waals surface area contributed by atoms with Gasteiger partial charge in [-0.3, -0.25) is 0 Å². The van der Waals surface area contributed by atoms with Gasteiger partial charge < -0.3 is 0 Å². The highest BCUT2D eigenvalue weighted by atomic mass is 79.9. The zero-order valence-corrected chi connectivity index (χ0v) is 10.00. The zero-order chi connectivity index (χ0) is 9.14. The van der Waals surface area contributed by atoms with E-state index in [0.717, 1.165) is 0 Å². The van der Waals surface area contributed by atoms with Gasteiger partial charge in [-0.2, -0.15) is 0 Å². The van der Waals surface area contributed by atoms with Gasteiger partial charge in [-0.1, -0.05) is 35.8 Å². The van der Waals surface area contributed by atoms with Crippen LogP contribution in [-0.4, -0.2) is 5.25 Å². The van der Waals surface area contributed by atoms with Gasteiger partial charge in [0.25, 0.3) is 0 Å². The van der Waals surface area contributed by atoms with E-state index in [4.69, 9.17) is 0 Å². The first-order chi connectivity index (χ1) is 5.59. The molecule has 0 aliphatic heterocycles. The summed E-state index contributed by atoms with van der Waals surface area (Å²) in [7, 11) is 0. The molecule has 0 aromatic heterocycles. The van der Waals surface area contributed by atoms with Gasteiger partial charge in [-0.25, -0.2) is 0 Å². The monoisotopic (exact) mass is 244 g/mol. The van der Waals surface area contributed by atoms with E-state index in [9.17, 15) is 0 Å². The molecule has 0 radical (unpaired) electrons. The Morgan fingerprint density at radius 1 is 1.33 bits per heavy atom. The van der Waals surface area contributed by atoms with Crippen LogP contribution in [0.5, 0.6) is 0 Å². The predicted molar refractivity (Wildman–Crippen MR) is 59.9 cm³/mol. The largest absolute Gasteiger partial charge is 0.123 e. The first-order valence-electron chi connectivity index (χ1n) is 4.02. The Labute approximate surface area is 86.9 Å². The molecule has 0 saturated heterocycles. The van der Waals surface area contributed by atoms with Gasteiger partial charge >= 0.3 is 0 Å². The second-order valence-corrected chi connectivity index (χ2v) is 5.58. The molecular formula is C10H13BrS. The fraction of sp³-hybridized carbons (Fsp3) is 0.400. The van der Waals surface area contributed by atoms with Crippen LogP contribution in [-0.2, 0) is 0 Å². The minimum atomic E-state index is 0.652. The Balaban J connectivity index is 2.82. The molecule has 1 aromatic rings. The Morgan fingerprint density at radius 2 is 2.00 bits per heavy atom. The molecular weight excluding hydrogens is 232 g/mol. The summed E-state index contributed by atoms with van der Waals surface area (Å²) in [6, 6.07) is 6.50. The van der Waals surface area contributed by atoms with Crippen molar-refractivity contribution >= 4 is 27.7 Å². The van der Waals surface area contributed by atoms with Crippen LogP contribution in [0.4, 0.5) is 0 Å². The molecule has 0 nitrogen and oxygen atoms in total. The summed E-state index contributed by atoms with van der Waals surface area (Å²) in [5.41, 5.74) is 1.29. The normalized spacial score (nSPS) is 10.8. The molecule has 0 bridgehead atoms. The SMILES string of the molecule is Cc1ccc(SC(C)C)cc1Br. The van der Waals surface area contributed by atoms with E-state index in [-0.39, 0.29) is 0 Å². The van der Waals surface area contributed by atoms with Crippen LogP contribution in [0.3, 0.4) is 0 Å². The lowest BCUT2D eigenvalue weighted by atomic mass is 10.2. The Kier molecular flexibility index (Phi) is 3.66. The van der Waals surface area contributed by atoms with E-state index in [1.54, 1.807) is 0 Å². The third-order valence-corrected chi connectivity index (χ3v) is 3.37. The van der Waals surface area contributed by atoms with Crippen molar-refractivity contribution in [3.8, 4) is 0 Å². The van der Waals surface area contributed by atoms with E-state index < -0.39 is 0 Å². The van der Waals surface area contributed by atoms with E-state index >= 15 is 0 Å². The smallest absolute Gasteiger partial charge is 0.0215 e. The van der Waals surface area contributed by atoms with Crippen LogP contribution in [0.15, 0.2) is 27.6 Å². The van der Waals surface area contributed by atoms with Crippen molar-refractivity contribution in [3.05, 3.63) is 28.2 Å². The first-order valence-corrected chi connectivity index (χ1v) is 5.69. The quantitative estimate of drug-likeness (QED) is 0.701. The maximum Gasteiger partial charge on any atom is 0.0215 e. The van der Waals surface area contributed by atoms with Gasteiger partial charge in [-0.15, -0.1) is 11.8 Å². The summed E-state index contributed by atoms with van der Waals surface area (Å²) in [5.74, 6) is 0. The lowest BCUT2D eigenvalue weighted by molar-refractivity contribution is 1.11. The molecule has 1 rings (SSSR count). The molecule has 0 fully saturated rings. The van der Waals surface area contributed by atoms with Crippen molar-refractivity contribution in [2.24, 2.45) is 0 Å². The van der Waals surface area contributed by atoms with Crippen molar-refractivity contribution in [2.75, 3.05) is 0 Å². The maximum atomic E-state index is 3.52. The molecule has 0 amide bonds. The number of hydrogen-bond donors (Lipinski definition) is 0. The van der Waals surface area contributed by atoms with E-state index in [2.05, 4.69) is 54.9 Å². The van der Waals surface area contributed by atoms with Crippen molar-refractivity contribution in [3.63, 3.8) is 0 Å². The molecule has 0 saturated carbocycles. The third kappa shape index (κ3) is 2.83. The average Bonchev–Trinajstić information content (AvgIpc) is 1.96. The Morgan fingerprint density at radius 3 is 2.50 bits per heavy atom. The fourth-order valence-electron chi connectivity index (χ4n) is 0.919. The van der Waals surface area contributed by atoms with Crippen molar-refractivity contribution < 1.29 is 0 Å². The fourth-order valence-corrected chi connectivity index (χ4v) is 2.33. The van der Waals surface area contributed by atoms with Crippen LogP contribution in [0.25, 0.3) is 0 Å². The lowest BCUT2D eigenvalue weighted by Gasteiger charge is -2.06. The molecule has 1 aromatic carbocycles. The molecule has 0 aliphatic rings. The molecule has 12 heavy (non-hydrogen) atoms. The lowest BCUT2D eigenvalue weighted by Crippen LogP contribution is -1.86. The number of benzene rings is 1. The highest BCUT2D eigenvalue weighted by molar-refractivity contribution is 9.10. The molecule has 0 aliphatic carbocycles. The molecule has 0 unspecified atom stereocenters. The molecule has 2 heteroatoms. The third-order valence-electron chi connectivity index (χ3n) is 1.52. The van der Waals surface area contributed by atoms with Crippen LogP contribution < -0.4 is 0 Å². The second-order valence-electron chi connectivity index (χ2n) is 3.08. The van der Waals surface area contributed by atoms with Crippen molar-refractivity contribution in [1.82, 2.24) is 0 Å². The minimum Gasteiger partial charge on any atom is -0.123 e. The van der Waals surface area contributed by atoms with Gasteiger partial charge in [0, 0.05) is 14.6 Å². The van der Waals surface area contributed by atoms with Crippen LogP contribution in [0.2, 0.25) is 0 Å². The van der Waals surface area contributed by atoms with Gasteiger partial charge in [0.2, 0.25) is 0 Å². The van der Waals surface area contributed by atoms with Crippen LogP contribution in [0, 0.1) is 6.92 Å². The topological polar surface area (TPSA) is 0 Å². The molecule has 66 valence electrons. The zero-order valence-electron chi connectivity index (χ0n) is 7.60. The van der Waals surface area contributed by atoms with Crippen LogP contribution >= 0.6 is 27.7 Å². The summed E-state index contributed by atoms with van der Waals surface area (Å²) >= 11 is 5.41. The van der Waals surface area contributed by atoms with E-state index in [0.29, 0.717) is 5.25 Å². The van der Waals surface area contributed by atoms with Crippen molar-refractivity contribution in [1.29, 1.82) is 0 Å². The summed E-state index contributed by atoms with van der Waals surface area (Å²) in [4.78, 5) is 1.34. The van der Waals surface area contributed by atoms with E-state index in [1.807, 2.05) is 11.8 Å². The number of hydrogen-bond acceptors (Lipinski definition) is 1. The number of thioether (sulfide) groups is 1. The molecule has 0 spiro atoms. The summed E-state index contributed by atoms with van der Waals surface area (Å²) in [6.07, 6.45) is 0. The first kappa shape index (κ1) is 10.1. The van der Waals surface area contributed by atoms with E-state index in [1.165, 1.54) is 14.9 Å². The summed E-state index contributed by atoms with van der Waals surface area (Å²) in [5, 5.41) is 0.652. The van der Waals surface area contributed by atoms with Gasteiger partial charge in [0.05, 0.1) is 0 Å². The number of halogens is 1. The predicted octanol–water partition coefficient (Wildman–Crippen LogP) is 4.26. The van der Waals surface area contributed by atoms with Gasteiger partial charge in [-0.05, 0) is 24.6 Å². The van der Waals surface area contributed by atoms with Crippen LogP contribution in [0.1, 0.15) is 19.4 Å². The van der Waals surface area contributed by atoms with Gasteiger partial charge in [0.1, 0.15) is 0 Å². The highest BCUT2D eigenvalue weighted by Gasteiger charge is 2.00. The van der Waals surface area contributed by atoms with Crippen molar-refractivity contribution in [2.45, 2.75) is 30.9 Å². The molecule has 0 atom stereocenters. The maximum absolute atomic E-state index is 3.52. The standard InChI is InChI=1S/C10H13BrS/c1-7(2)12-9-5-4-8(3)10(11)6-9/h4-7H,1-3H3. The molecule has 0 heterocycles. The average molecular weight is 245 g/mol. The van der Waals surface area contributed by atoms with Gasteiger partial charge in [0.15, 0.2) is 0 Å². The summed E-state index contributed by atoms with van der Waals surface area (Å²) in [6.45, 7) is 6.52. The number of aryl methyl sites for hydroxylation is 1. The Bertz CT molecular complexity index is 269.